The number of aryl methyl sites for hydroxylation is 1. The van der Waals surface area contributed by atoms with Gasteiger partial charge < -0.3 is 10.6 Å². The van der Waals surface area contributed by atoms with Crippen molar-refractivity contribution in [3.05, 3.63) is 71.8 Å². The summed E-state index contributed by atoms with van der Waals surface area (Å²) in [5.74, 6) is 0.00269. The molecule has 0 bridgehead atoms. The average Bonchev–Trinajstić information content (AvgIpc) is 3.08. The van der Waals surface area contributed by atoms with Crippen LogP contribution in [0.1, 0.15) is 35.2 Å². The van der Waals surface area contributed by atoms with Gasteiger partial charge >= 0.3 is 0 Å². The van der Waals surface area contributed by atoms with Crippen molar-refractivity contribution in [2.24, 2.45) is 5.92 Å². The molecule has 25 heavy (non-hydrogen) atoms. The van der Waals surface area contributed by atoms with E-state index >= 15 is 0 Å². The first-order valence-electron chi connectivity index (χ1n) is 8.55. The molecule has 128 valence electrons. The third-order valence-corrected chi connectivity index (χ3v) is 4.28. The highest BCUT2D eigenvalue weighted by Gasteiger charge is 2.17. The first kappa shape index (κ1) is 17.0. The molecule has 4 heteroatoms. The van der Waals surface area contributed by atoms with Gasteiger partial charge in [-0.15, -0.1) is 0 Å². The van der Waals surface area contributed by atoms with E-state index in [1.165, 1.54) is 0 Å². The van der Waals surface area contributed by atoms with Crippen molar-refractivity contribution in [3.63, 3.8) is 0 Å². The molecule has 0 heterocycles. The molecule has 0 aromatic heterocycles. The van der Waals surface area contributed by atoms with Crippen LogP contribution in [0.5, 0.6) is 0 Å². The predicted octanol–water partition coefficient (Wildman–Crippen LogP) is 4.54. The number of hydrogen-bond donors (Lipinski definition) is 2. The summed E-state index contributed by atoms with van der Waals surface area (Å²) >= 11 is 0. The van der Waals surface area contributed by atoms with Gasteiger partial charge in [-0.3, -0.25) is 9.59 Å². The summed E-state index contributed by atoms with van der Waals surface area (Å²) in [6, 6.07) is 14.7. The van der Waals surface area contributed by atoms with Crippen LogP contribution in [-0.4, -0.2) is 11.8 Å². The molecule has 2 amide bonds. The lowest BCUT2D eigenvalue weighted by Crippen LogP contribution is -2.19. The largest absolute Gasteiger partial charge is 0.325 e. The standard InChI is InChI=1S/C21H22N2O2/c1-15-7-6-10-17(13-15)22-21(25)18-11-4-5-12-19(18)23-20(24)14-16-8-2-3-9-16/h2,4-8,10-13,16H,3,9,14H2,1H3,(H,22,25)(H,23,24). The van der Waals surface area contributed by atoms with Crippen LogP contribution in [0.4, 0.5) is 11.4 Å². The summed E-state index contributed by atoms with van der Waals surface area (Å²) in [6.45, 7) is 1.97. The van der Waals surface area contributed by atoms with Gasteiger partial charge in [0, 0.05) is 12.1 Å². The van der Waals surface area contributed by atoms with E-state index in [9.17, 15) is 9.59 Å². The van der Waals surface area contributed by atoms with Crippen molar-refractivity contribution < 1.29 is 9.59 Å². The molecule has 0 saturated carbocycles. The fraction of sp³-hybridized carbons (Fsp3) is 0.238. The van der Waals surface area contributed by atoms with Gasteiger partial charge in [0.2, 0.25) is 5.91 Å². The fourth-order valence-electron chi connectivity index (χ4n) is 3.02. The van der Waals surface area contributed by atoms with Crippen molar-refractivity contribution in [3.8, 4) is 0 Å². The van der Waals surface area contributed by atoms with Crippen molar-refractivity contribution in [2.45, 2.75) is 26.2 Å². The van der Waals surface area contributed by atoms with E-state index in [2.05, 4.69) is 22.8 Å². The van der Waals surface area contributed by atoms with Crippen LogP contribution in [0, 0.1) is 12.8 Å². The highest BCUT2D eigenvalue weighted by atomic mass is 16.2. The number of allylic oxidation sites excluding steroid dienone is 2. The molecule has 2 aromatic carbocycles. The van der Waals surface area contributed by atoms with Gasteiger partial charge in [-0.05, 0) is 55.5 Å². The van der Waals surface area contributed by atoms with E-state index in [0.29, 0.717) is 23.6 Å². The van der Waals surface area contributed by atoms with Gasteiger partial charge in [0.15, 0.2) is 0 Å². The highest BCUT2D eigenvalue weighted by molar-refractivity contribution is 6.10. The van der Waals surface area contributed by atoms with E-state index in [4.69, 9.17) is 0 Å². The maximum atomic E-state index is 12.6. The first-order valence-corrected chi connectivity index (χ1v) is 8.55. The van der Waals surface area contributed by atoms with Gasteiger partial charge in [0.25, 0.3) is 5.91 Å². The van der Waals surface area contributed by atoms with E-state index < -0.39 is 0 Å². The third kappa shape index (κ3) is 4.57. The molecule has 0 fully saturated rings. The molecule has 1 unspecified atom stereocenters. The Morgan fingerprint density at radius 3 is 2.68 bits per heavy atom. The number of anilines is 2. The van der Waals surface area contributed by atoms with Crippen LogP contribution in [0.15, 0.2) is 60.7 Å². The van der Waals surface area contributed by atoms with Gasteiger partial charge in [-0.2, -0.15) is 0 Å². The molecule has 1 aliphatic rings. The number of hydrogen-bond acceptors (Lipinski definition) is 2. The van der Waals surface area contributed by atoms with Crippen molar-refractivity contribution >= 4 is 23.2 Å². The summed E-state index contributed by atoms with van der Waals surface area (Å²) < 4.78 is 0. The Morgan fingerprint density at radius 1 is 1.08 bits per heavy atom. The van der Waals surface area contributed by atoms with Crippen LogP contribution < -0.4 is 10.6 Å². The maximum absolute atomic E-state index is 12.6. The fourth-order valence-corrected chi connectivity index (χ4v) is 3.02. The Morgan fingerprint density at radius 2 is 1.92 bits per heavy atom. The second-order valence-corrected chi connectivity index (χ2v) is 6.39. The molecule has 2 aromatic rings. The monoisotopic (exact) mass is 334 g/mol. The summed E-state index contributed by atoms with van der Waals surface area (Å²) in [7, 11) is 0. The van der Waals surface area contributed by atoms with Gasteiger partial charge in [-0.1, -0.05) is 36.4 Å². The topological polar surface area (TPSA) is 58.2 Å². The van der Waals surface area contributed by atoms with Crippen LogP contribution in [0.25, 0.3) is 0 Å². The average molecular weight is 334 g/mol. The molecular weight excluding hydrogens is 312 g/mol. The summed E-state index contributed by atoms with van der Waals surface area (Å²) in [4.78, 5) is 24.9. The molecule has 0 saturated heterocycles. The van der Waals surface area contributed by atoms with Gasteiger partial charge in [0.05, 0.1) is 11.3 Å². The molecule has 4 nitrogen and oxygen atoms in total. The Hall–Kier alpha value is -2.88. The highest BCUT2D eigenvalue weighted by Crippen LogP contribution is 2.22. The van der Waals surface area contributed by atoms with Gasteiger partial charge in [-0.25, -0.2) is 0 Å². The second-order valence-electron chi connectivity index (χ2n) is 6.39. The Labute approximate surface area is 148 Å². The Kier molecular flexibility index (Phi) is 5.29. The minimum absolute atomic E-state index is 0.0626. The number of amides is 2. The summed E-state index contributed by atoms with van der Waals surface area (Å²) in [6.07, 6.45) is 6.71. The molecule has 0 radical (unpaired) electrons. The zero-order chi connectivity index (χ0) is 17.6. The molecule has 0 aliphatic heterocycles. The van der Waals surface area contributed by atoms with Crippen LogP contribution >= 0.6 is 0 Å². The molecular formula is C21H22N2O2. The number of carbonyl (C=O) groups is 2. The zero-order valence-electron chi connectivity index (χ0n) is 14.3. The van der Waals surface area contributed by atoms with E-state index in [1.807, 2.05) is 37.3 Å². The minimum Gasteiger partial charge on any atom is -0.325 e. The number of rotatable bonds is 5. The quantitative estimate of drug-likeness (QED) is 0.789. The van der Waals surface area contributed by atoms with E-state index in [-0.39, 0.29) is 11.8 Å². The molecule has 0 spiro atoms. The lowest BCUT2D eigenvalue weighted by molar-refractivity contribution is -0.116. The predicted molar refractivity (Wildman–Crippen MR) is 101 cm³/mol. The Balaban J connectivity index is 1.70. The smallest absolute Gasteiger partial charge is 0.257 e. The van der Waals surface area contributed by atoms with Crippen molar-refractivity contribution in [1.29, 1.82) is 0 Å². The lowest BCUT2D eigenvalue weighted by Gasteiger charge is -2.13. The molecule has 2 N–H and O–H groups in total. The third-order valence-electron chi connectivity index (χ3n) is 4.28. The van der Waals surface area contributed by atoms with Crippen LogP contribution in [-0.2, 0) is 4.79 Å². The normalized spacial score (nSPS) is 15.8. The number of carbonyl (C=O) groups excluding carboxylic acids is 2. The number of nitrogens with one attached hydrogen (secondary N) is 2. The second kappa shape index (κ2) is 7.79. The van der Waals surface area contributed by atoms with E-state index in [0.717, 1.165) is 24.1 Å². The first-order chi connectivity index (χ1) is 12.1. The van der Waals surface area contributed by atoms with Crippen molar-refractivity contribution in [2.75, 3.05) is 10.6 Å². The summed E-state index contributed by atoms with van der Waals surface area (Å²) in [5.41, 5.74) is 2.81. The SMILES string of the molecule is Cc1cccc(NC(=O)c2ccccc2NC(=O)CC2C=CCC2)c1. The molecule has 1 atom stereocenters. The lowest BCUT2D eigenvalue weighted by atomic mass is 10.0. The van der Waals surface area contributed by atoms with Crippen LogP contribution in [0.2, 0.25) is 0 Å². The number of benzene rings is 2. The van der Waals surface area contributed by atoms with Crippen molar-refractivity contribution in [1.82, 2.24) is 0 Å². The maximum Gasteiger partial charge on any atom is 0.257 e. The Bertz CT molecular complexity index is 811. The number of para-hydroxylation sites is 1. The van der Waals surface area contributed by atoms with Crippen LogP contribution in [0.3, 0.4) is 0 Å². The zero-order valence-corrected chi connectivity index (χ0v) is 14.3. The minimum atomic E-state index is -0.234. The van der Waals surface area contributed by atoms with Gasteiger partial charge in [0.1, 0.15) is 0 Å². The van der Waals surface area contributed by atoms with E-state index in [1.54, 1.807) is 18.2 Å². The summed E-state index contributed by atoms with van der Waals surface area (Å²) in [5, 5.41) is 5.77. The molecule has 3 rings (SSSR count). The molecule has 1 aliphatic carbocycles.